The van der Waals surface area contributed by atoms with E-state index in [1.165, 1.54) is 0 Å². The molecular formula is C17H33N3O4. The molecule has 0 aliphatic carbocycles. The topological polar surface area (TPSA) is 96.5 Å². The number of hydrogen-bond acceptors (Lipinski definition) is 4. The Bertz CT molecular complexity index is 461. The summed E-state index contributed by atoms with van der Waals surface area (Å²) in [5, 5.41) is 7.99. The first-order chi connectivity index (χ1) is 10.6. The molecule has 0 aliphatic heterocycles. The Morgan fingerprint density at radius 3 is 1.71 bits per heavy atom. The van der Waals surface area contributed by atoms with Crippen LogP contribution >= 0.6 is 0 Å². The number of carbonyl (C=O) groups excluding carboxylic acids is 3. The van der Waals surface area contributed by atoms with Crippen LogP contribution in [0.5, 0.6) is 0 Å². The number of hydrogen-bond donors (Lipinski definition) is 3. The zero-order valence-corrected chi connectivity index (χ0v) is 16.4. The first-order valence-electron chi connectivity index (χ1n) is 8.24. The summed E-state index contributed by atoms with van der Waals surface area (Å²) in [6.45, 7) is 16.0. The Hall–Kier alpha value is -1.79. The van der Waals surface area contributed by atoms with E-state index in [9.17, 15) is 14.4 Å². The normalized spacial score (nSPS) is 14.6. The fourth-order valence-electron chi connectivity index (χ4n) is 1.82. The Morgan fingerprint density at radius 2 is 1.33 bits per heavy atom. The van der Waals surface area contributed by atoms with Crippen LogP contribution in [0, 0.1) is 5.92 Å². The molecule has 24 heavy (non-hydrogen) atoms. The van der Waals surface area contributed by atoms with Crippen LogP contribution in [0.3, 0.4) is 0 Å². The molecule has 0 aromatic heterocycles. The molecule has 0 aromatic carbocycles. The number of ether oxygens (including phenoxy) is 1. The average molecular weight is 343 g/mol. The van der Waals surface area contributed by atoms with Crippen molar-refractivity contribution in [2.24, 2.45) is 5.92 Å². The van der Waals surface area contributed by atoms with Crippen molar-refractivity contribution >= 4 is 17.9 Å². The summed E-state index contributed by atoms with van der Waals surface area (Å²) in [7, 11) is 0. The van der Waals surface area contributed by atoms with Crippen LogP contribution in [0.1, 0.15) is 62.3 Å². The van der Waals surface area contributed by atoms with Crippen LogP contribution in [-0.2, 0) is 14.3 Å². The summed E-state index contributed by atoms with van der Waals surface area (Å²) < 4.78 is 5.18. The van der Waals surface area contributed by atoms with E-state index in [4.69, 9.17) is 4.74 Å². The van der Waals surface area contributed by atoms with Gasteiger partial charge in [0.1, 0.15) is 17.7 Å². The molecule has 0 fully saturated rings. The average Bonchev–Trinajstić information content (AvgIpc) is 2.30. The summed E-state index contributed by atoms with van der Waals surface area (Å²) in [6.07, 6.45) is -0.664. The molecule has 0 rings (SSSR count). The maximum absolute atomic E-state index is 12.4. The second kappa shape index (κ2) is 8.35. The van der Waals surface area contributed by atoms with E-state index in [0.29, 0.717) is 0 Å². The van der Waals surface area contributed by atoms with Gasteiger partial charge < -0.3 is 20.7 Å². The third kappa shape index (κ3) is 9.37. The van der Waals surface area contributed by atoms with Gasteiger partial charge in [0.25, 0.3) is 0 Å². The highest BCUT2D eigenvalue weighted by Gasteiger charge is 2.29. The van der Waals surface area contributed by atoms with Gasteiger partial charge in [0.05, 0.1) is 0 Å². The predicted octanol–water partition coefficient (Wildman–Crippen LogP) is 1.96. The monoisotopic (exact) mass is 343 g/mol. The Balaban J connectivity index is 4.81. The van der Waals surface area contributed by atoms with E-state index in [1.54, 1.807) is 27.7 Å². The van der Waals surface area contributed by atoms with Crippen LogP contribution < -0.4 is 16.0 Å². The van der Waals surface area contributed by atoms with Gasteiger partial charge in [0.15, 0.2) is 0 Å². The molecule has 140 valence electrons. The van der Waals surface area contributed by atoms with Gasteiger partial charge in [-0.2, -0.15) is 0 Å². The lowest BCUT2D eigenvalue weighted by molar-refractivity contribution is -0.131. The lowest BCUT2D eigenvalue weighted by atomic mass is 10.0. The predicted molar refractivity (Wildman–Crippen MR) is 93.5 cm³/mol. The highest BCUT2D eigenvalue weighted by molar-refractivity contribution is 5.91. The number of nitrogens with one attached hydrogen (secondary N) is 3. The zero-order valence-electron chi connectivity index (χ0n) is 16.4. The Labute approximate surface area is 145 Å². The molecule has 3 N–H and O–H groups in total. The van der Waals surface area contributed by atoms with Gasteiger partial charge in [-0.05, 0) is 54.4 Å². The second-order valence-electron chi connectivity index (χ2n) is 8.34. The molecule has 0 saturated heterocycles. The lowest BCUT2D eigenvalue weighted by Crippen LogP contribution is -2.56. The first-order valence-corrected chi connectivity index (χ1v) is 8.24. The largest absolute Gasteiger partial charge is 0.444 e. The van der Waals surface area contributed by atoms with Crippen molar-refractivity contribution in [3.63, 3.8) is 0 Å². The summed E-state index contributed by atoms with van der Waals surface area (Å²) in [6, 6.07) is -1.50. The van der Waals surface area contributed by atoms with Gasteiger partial charge in [0.2, 0.25) is 11.8 Å². The minimum Gasteiger partial charge on any atom is -0.444 e. The number of rotatable bonds is 5. The number of carbonyl (C=O) groups is 3. The van der Waals surface area contributed by atoms with Crippen LogP contribution in [-0.4, -0.2) is 41.1 Å². The van der Waals surface area contributed by atoms with Crippen LogP contribution in [0.15, 0.2) is 0 Å². The van der Waals surface area contributed by atoms with E-state index in [0.717, 1.165) is 0 Å². The fraction of sp³-hybridized carbons (Fsp3) is 0.824. The molecule has 2 atom stereocenters. The zero-order chi connectivity index (χ0) is 19.3. The van der Waals surface area contributed by atoms with Crippen molar-refractivity contribution < 1.29 is 19.1 Å². The SMILES string of the molecule is CC(NC(=O)C(NC(=O)OC(C)(C)C)C(C)C)C(=O)NC(C)(C)C. The van der Waals surface area contributed by atoms with Crippen LogP contribution in [0.25, 0.3) is 0 Å². The Morgan fingerprint density at radius 1 is 0.833 bits per heavy atom. The van der Waals surface area contributed by atoms with Gasteiger partial charge in [-0.15, -0.1) is 0 Å². The van der Waals surface area contributed by atoms with E-state index in [-0.39, 0.29) is 17.4 Å². The van der Waals surface area contributed by atoms with E-state index >= 15 is 0 Å². The van der Waals surface area contributed by atoms with Crippen molar-refractivity contribution in [1.82, 2.24) is 16.0 Å². The molecule has 0 heterocycles. The molecule has 0 saturated carbocycles. The van der Waals surface area contributed by atoms with E-state index in [2.05, 4.69) is 16.0 Å². The minimum absolute atomic E-state index is 0.157. The molecule has 0 bridgehead atoms. The summed E-state index contributed by atoms with van der Waals surface area (Å²) in [5.74, 6) is -0.863. The molecule has 7 nitrogen and oxygen atoms in total. The maximum atomic E-state index is 12.4. The number of alkyl carbamates (subject to hydrolysis) is 1. The highest BCUT2D eigenvalue weighted by atomic mass is 16.6. The van der Waals surface area contributed by atoms with Crippen molar-refractivity contribution in [3.8, 4) is 0 Å². The summed E-state index contributed by atoms with van der Waals surface area (Å²) in [5.41, 5.74) is -1.04. The third-order valence-electron chi connectivity index (χ3n) is 2.87. The minimum atomic E-state index is -0.787. The van der Waals surface area contributed by atoms with Gasteiger partial charge >= 0.3 is 6.09 Å². The van der Waals surface area contributed by atoms with Crippen molar-refractivity contribution in [2.75, 3.05) is 0 Å². The molecule has 7 heteroatoms. The molecule has 0 aliphatic rings. The molecule has 0 radical (unpaired) electrons. The second-order valence-corrected chi connectivity index (χ2v) is 8.34. The first kappa shape index (κ1) is 22.2. The highest BCUT2D eigenvalue weighted by Crippen LogP contribution is 2.09. The van der Waals surface area contributed by atoms with Crippen molar-refractivity contribution in [1.29, 1.82) is 0 Å². The Kier molecular flexibility index (Phi) is 7.73. The standard InChI is InChI=1S/C17H33N3O4/c1-10(2)12(19-15(23)24-17(7,8)9)14(22)18-11(3)13(21)20-16(4,5)6/h10-12H,1-9H3,(H,18,22)(H,19,23)(H,20,21). The van der Waals surface area contributed by atoms with Gasteiger partial charge in [-0.3, -0.25) is 9.59 Å². The van der Waals surface area contributed by atoms with Crippen molar-refractivity contribution in [3.05, 3.63) is 0 Å². The van der Waals surface area contributed by atoms with Crippen molar-refractivity contribution in [2.45, 2.75) is 85.5 Å². The fourth-order valence-corrected chi connectivity index (χ4v) is 1.82. The van der Waals surface area contributed by atoms with Gasteiger partial charge in [-0.1, -0.05) is 13.8 Å². The van der Waals surface area contributed by atoms with Crippen LogP contribution in [0.4, 0.5) is 4.79 Å². The molecule has 0 spiro atoms. The number of amides is 3. The molecular weight excluding hydrogens is 310 g/mol. The van der Waals surface area contributed by atoms with Gasteiger partial charge in [0, 0.05) is 5.54 Å². The smallest absolute Gasteiger partial charge is 0.408 e. The van der Waals surface area contributed by atoms with Gasteiger partial charge in [-0.25, -0.2) is 4.79 Å². The third-order valence-corrected chi connectivity index (χ3v) is 2.87. The molecule has 3 amide bonds. The lowest BCUT2D eigenvalue weighted by Gasteiger charge is -2.27. The molecule has 2 unspecified atom stereocenters. The summed E-state index contributed by atoms with van der Waals surface area (Å²) in [4.78, 5) is 36.4. The quantitative estimate of drug-likeness (QED) is 0.711. The summed E-state index contributed by atoms with van der Waals surface area (Å²) >= 11 is 0. The van der Waals surface area contributed by atoms with E-state index in [1.807, 2.05) is 34.6 Å². The maximum Gasteiger partial charge on any atom is 0.408 e. The van der Waals surface area contributed by atoms with Crippen LogP contribution in [0.2, 0.25) is 0 Å². The van der Waals surface area contributed by atoms with E-state index < -0.39 is 29.7 Å². The molecule has 0 aromatic rings.